The number of hydrogen-bond acceptors (Lipinski definition) is 2. The number of unbranched alkanes of at least 4 members (excludes halogenated alkanes) is 1. The van der Waals surface area contributed by atoms with Gasteiger partial charge in [-0.1, -0.05) is 19.4 Å². The SMILES string of the molecule is CCCCOCCNC(C)c1ccc(F)c(Br)c1. The number of benzene rings is 1. The van der Waals surface area contributed by atoms with Crippen molar-refractivity contribution in [1.29, 1.82) is 0 Å². The molecule has 0 aliphatic rings. The zero-order valence-corrected chi connectivity index (χ0v) is 12.6. The van der Waals surface area contributed by atoms with Gasteiger partial charge in [0.25, 0.3) is 0 Å². The molecular formula is C14H21BrFNO. The molecule has 0 bridgehead atoms. The molecule has 102 valence electrons. The van der Waals surface area contributed by atoms with Crippen LogP contribution in [0.25, 0.3) is 0 Å². The maximum Gasteiger partial charge on any atom is 0.137 e. The molecule has 0 heterocycles. The van der Waals surface area contributed by atoms with E-state index in [4.69, 9.17) is 4.74 Å². The van der Waals surface area contributed by atoms with E-state index in [0.29, 0.717) is 11.1 Å². The van der Waals surface area contributed by atoms with Gasteiger partial charge in [0.2, 0.25) is 0 Å². The summed E-state index contributed by atoms with van der Waals surface area (Å²) in [6, 6.07) is 5.28. The first kappa shape index (κ1) is 15.6. The highest BCUT2D eigenvalue weighted by atomic mass is 79.9. The second kappa shape index (κ2) is 8.62. The molecule has 0 amide bonds. The molecule has 1 N–H and O–H groups in total. The summed E-state index contributed by atoms with van der Waals surface area (Å²) in [7, 11) is 0. The number of halogens is 2. The number of hydrogen-bond donors (Lipinski definition) is 1. The third-order valence-corrected chi connectivity index (χ3v) is 3.39. The highest BCUT2D eigenvalue weighted by Crippen LogP contribution is 2.20. The largest absolute Gasteiger partial charge is 0.380 e. The molecule has 1 unspecified atom stereocenters. The van der Waals surface area contributed by atoms with Crippen molar-refractivity contribution in [3.63, 3.8) is 0 Å². The molecule has 1 aromatic rings. The monoisotopic (exact) mass is 317 g/mol. The van der Waals surface area contributed by atoms with Crippen LogP contribution in [0.4, 0.5) is 4.39 Å². The Balaban J connectivity index is 2.27. The average molecular weight is 318 g/mol. The Morgan fingerprint density at radius 3 is 2.83 bits per heavy atom. The molecule has 4 heteroatoms. The Morgan fingerprint density at radius 1 is 1.39 bits per heavy atom. The molecule has 0 radical (unpaired) electrons. The predicted octanol–water partition coefficient (Wildman–Crippen LogP) is 4.06. The van der Waals surface area contributed by atoms with Crippen LogP contribution < -0.4 is 5.32 Å². The van der Waals surface area contributed by atoms with E-state index in [0.717, 1.165) is 31.6 Å². The smallest absolute Gasteiger partial charge is 0.137 e. The van der Waals surface area contributed by atoms with E-state index < -0.39 is 0 Å². The number of nitrogens with one attached hydrogen (secondary N) is 1. The van der Waals surface area contributed by atoms with Crippen LogP contribution in [0.15, 0.2) is 22.7 Å². The summed E-state index contributed by atoms with van der Waals surface area (Å²) < 4.78 is 19.1. The first-order valence-corrected chi connectivity index (χ1v) is 7.20. The van der Waals surface area contributed by atoms with Gasteiger partial charge in [0.1, 0.15) is 5.82 Å². The minimum Gasteiger partial charge on any atom is -0.380 e. The quantitative estimate of drug-likeness (QED) is 0.730. The summed E-state index contributed by atoms with van der Waals surface area (Å²) in [6.07, 6.45) is 2.27. The summed E-state index contributed by atoms with van der Waals surface area (Å²) in [5, 5.41) is 3.35. The number of rotatable bonds is 8. The fourth-order valence-electron chi connectivity index (χ4n) is 1.60. The minimum atomic E-state index is -0.228. The topological polar surface area (TPSA) is 21.3 Å². The Hall–Kier alpha value is -0.450. The molecule has 0 saturated carbocycles. The van der Waals surface area contributed by atoms with Crippen molar-refractivity contribution in [1.82, 2.24) is 5.32 Å². The molecule has 2 nitrogen and oxygen atoms in total. The lowest BCUT2D eigenvalue weighted by molar-refractivity contribution is 0.131. The van der Waals surface area contributed by atoms with E-state index in [1.54, 1.807) is 6.07 Å². The van der Waals surface area contributed by atoms with Gasteiger partial charge in [-0.05, 0) is 47.0 Å². The molecule has 0 fully saturated rings. The highest BCUT2D eigenvalue weighted by molar-refractivity contribution is 9.10. The van der Waals surface area contributed by atoms with Crippen molar-refractivity contribution in [2.24, 2.45) is 0 Å². The van der Waals surface area contributed by atoms with Gasteiger partial charge in [-0.2, -0.15) is 0 Å². The first-order chi connectivity index (χ1) is 8.65. The lowest BCUT2D eigenvalue weighted by Crippen LogP contribution is -2.23. The van der Waals surface area contributed by atoms with Crippen LogP contribution in [-0.4, -0.2) is 19.8 Å². The Kier molecular flexibility index (Phi) is 7.47. The summed E-state index contributed by atoms with van der Waals surface area (Å²) >= 11 is 3.20. The second-order valence-electron chi connectivity index (χ2n) is 4.32. The fourth-order valence-corrected chi connectivity index (χ4v) is 1.99. The predicted molar refractivity (Wildman–Crippen MR) is 76.2 cm³/mol. The minimum absolute atomic E-state index is 0.191. The van der Waals surface area contributed by atoms with E-state index in [1.807, 2.05) is 6.07 Å². The first-order valence-electron chi connectivity index (χ1n) is 6.41. The maximum atomic E-state index is 13.1. The highest BCUT2D eigenvalue weighted by Gasteiger charge is 2.07. The van der Waals surface area contributed by atoms with Gasteiger partial charge in [-0.25, -0.2) is 4.39 Å². The summed E-state index contributed by atoms with van der Waals surface area (Å²) in [5.41, 5.74) is 1.07. The van der Waals surface area contributed by atoms with Gasteiger partial charge in [0.05, 0.1) is 11.1 Å². The molecule has 1 atom stereocenters. The van der Waals surface area contributed by atoms with Gasteiger partial charge in [0, 0.05) is 19.2 Å². The lowest BCUT2D eigenvalue weighted by atomic mass is 10.1. The molecule has 1 aromatic carbocycles. The van der Waals surface area contributed by atoms with Crippen molar-refractivity contribution in [3.8, 4) is 0 Å². The second-order valence-corrected chi connectivity index (χ2v) is 5.17. The van der Waals surface area contributed by atoms with Crippen LogP contribution >= 0.6 is 15.9 Å². The average Bonchev–Trinajstić information content (AvgIpc) is 2.36. The van der Waals surface area contributed by atoms with Gasteiger partial charge >= 0.3 is 0 Å². The van der Waals surface area contributed by atoms with Gasteiger partial charge in [-0.15, -0.1) is 0 Å². The van der Waals surface area contributed by atoms with E-state index in [1.165, 1.54) is 6.07 Å². The molecule has 0 saturated heterocycles. The van der Waals surface area contributed by atoms with E-state index in [-0.39, 0.29) is 11.9 Å². The van der Waals surface area contributed by atoms with Gasteiger partial charge in [0.15, 0.2) is 0 Å². The summed E-state index contributed by atoms with van der Waals surface area (Å²) in [4.78, 5) is 0. The molecule has 0 aliphatic carbocycles. The van der Waals surface area contributed by atoms with E-state index in [9.17, 15) is 4.39 Å². The Morgan fingerprint density at radius 2 is 2.17 bits per heavy atom. The van der Waals surface area contributed by atoms with Crippen LogP contribution in [0.3, 0.4) is 0 Å². The van der Waals surface area contributed by atoms with Crippen LogP contribution in [-0.2, 0) is 4.74 Å². The van der Waals surface area contributed by atoms with Crippen molar-refractivity contribution >= 4 is 15.9 Å². The number of ether oxygens (including phenoxy) is 1. The van der Waals surface area contributed by atoms with Crippen LogP contribution in [0.1, 0.15) is 38.3 Å². The molecule has 0 aliphatic heterocycles. The van der Waals surface area contributed by atoms with Crippen molar-refractivity contribution in [3.05, 3.63) is 34.1 Å². The molecule has 1 rings (SSSR count). The Labute approximate surface area is 117 Å². The van der Waals surface area contributed by atoms with Crippen molar-refractivity contribution in [2.75, 3.05) is 19.8 Å². The fraction of sp³-hybridized carbons (Fsp3) is 0.571. The molecule has 18 heavy (non-hydrogen) atoms. The molecule has 0 aromatic heterocycles. The maximum absolute atomic E-state index is 13.1. The summed E-state index contributed by atoms with van der Waals surface area (Å²) in [6.45, 7) is 6.56. The lowest BCUT2D eigenvalue weighted by Gasteiger charge is -2.14. The van der Waals surface area contributed by atoms with Gasteiger partial charge in [-0.3, -0.25) is 0 Å². The van der Waals surface area contributed by atoms with Crippen LogP contribution in [0.2, 0.25) is 0 Å². The normalized spacial score (nSPS) is 12.7. The zero-order valence-electron chi connectivity index (χ0n) is 11.0. The van der Waals surface area contributed by atoms with E-state index >= 15 is 0 Å². The molecule has 0 spiro atoms. The zero-order chi connectivity index (χ0) is 13.4. The Bertz CT molecular complexity index is 360. The third kappa shape index (κ3) is 5.46. The standard InChI is InChI=1S/C14H21BrFNO/c1-3-4-8-18-9-7-17-11(2)12-5-6-14(16)13(15)10-12/h5-6,10-11,17H,3-4,7-9H2,1-2H3. The van der Waals surface area contributed by atoms with Crippen LogP contribution in [0, 0.1) is 5.82 Å². The van der Waals surface area contributed by atoms with Crippen molar-refractivity contribution < 1.29 is 9.13 Å². The third-order valence-electron chi connectivity index (χ3n) is 2.78. The van der Waals surface area contributed by atoms with Gasteiger partial charge < -0.3 is 10.1 Å². The van der Waals surface area contributed by atoms with Crippen molar-refractivity contribution in [2.45, 2.75) is 32.7 Å². The summed E-state index contributed by atoms with van der Waals surface area (Å²) in [5.74, 6) is -0.228. The molecular weight excluding hydrogens is 297 g/mol. The van der Waals surface area contributed by atoms with E-state index in [2.05, 4.69) is 35.1 Å². The van der Waals surface area contributed by atoms with Crippen LogP contribution in [0.5, 0.6) is 0 Å².